The first-order valence-electron chi connectivity index (χ1n) is 4.94. The summed E-state index contributed by atoms with van der Waals surface area (Å²) in [5.74, 6) is 0.726. The van der Waals surface area contributed by atoms with Gasteiger partial charge in [-0.2, -0.15) is 12.6 Å². The first-order chi connectivity index (χ1) is 6.81. The number of benzene rings is 1. The molecule has 1 N–H and O–H groups in total. The summed E-state index contributed by atoms with van der Waals surface area (Å²) in [6, 6.07) is 5.45. The molecular weight excluding hydrogens is 197 g/mol. The highest BCUT2D eigenvalue weighted by Crippen LogP contribution is 2.26. The maximum Gasteiger partial charge on any atom is 0.123 e. The van der Waals surface area contributed by atoms with Crippen molar-refractivity contribution in [1.29, 1.82) is 0 Å². The van der Waals surface area contributed by atoms with Crippen LogP contribution in [-0.4, -0.2) is 12.3 Å². The summed E-state index contributed by atoms with van der Waals surface area (Å²) in [5.41, 5.74) is 2.39. The molecule has 1 unspecified atom stereocenters. The van der Waals surface area contributed by atoms with Crippen molar-refractivity contribution >= 4 is 12.6 Å². The maximum atomic E-state index is 13.0. The molecule has 14 heavy (non-hydrogen) atoms. The van der Waals surface area contributed by atoms with Crippen LogP contribution in [0.3, 0.4) is 0 Å². The molecule has 2 rings (SSSR count). The van der Waals surface area contributed by atoms with Gasteiger partial charge in [0, 0.05) is 6.04 Å². The van der Waals surface area contributed by atoms with E-state index in [0.29, 0.717) is 6.04 Å². The lowest BCUT2D eigenvalue weighted by Crippen LogP contribution is -2.30. The molecule has 1 aromatic carbocycles. The van der Waals surface area contributed by atoms with Gasteiger partial charge in [0.15, 0.2) is 0 Å². The summed E-state index contributed by atoms with van der Waals surface area (Å²) in [6.07, 6.45) is 1.93. The fourth-order valence-corrected chi connectivity index (χ4v) is 2.27. The van der Waals surface area contributed by atoms with Crippen molar-refractivity contribution < 1.29 is 4.39 Å². The molecule has 76 valence electrons. The van der Waals surface area contributed by atoms with Crippen LogP contribution < -0.4 is 5.32 Å². The van der Waals surface area contributed by atoms with Gasteiger partial charge in [0.25, 0.3) is 0 Å². The van der Waals surface area contributed by atoms with Crippen molar-refractivity contribution in [2.75, 3.05) is 12.3 Å². The summed E-state index contributed by atoms with van der Waals surface area (Å²) in [4.78, 5) is 0. The molecule has 0 spiro atoms. The Labute approximate surface area is 89.1 Å². The molecule has 0 amide bonds. The van der Waals surface area contributed by atoms with Gasteiger partial charge in [-0.25, -0.2) is 4.39 Å². The van der Waals surface area contributed by atoms with Gasteiger partial charge in [0.2, 0.25) is 0 Å². The SMILES string of the molecule is Fc1ccc2c(c1)CCNC2CCS. The predicted molar refractivity (Wildman–Crippen MR) is 59.3 cm³/mol. The maximum absolute atomic E-state index is 13.0. The number of rotatable bonds is 2. The molecule has 1 nitrogen and oxygen atoms in total. The Balaban J connectivity index is 2.30. The molecule has 0 saturated heterocycles. The molecule has 0 fully saturated rings. The third-order valence-electron chi connectivity index (χ3n) is 2.68. The molecule has 0 aliphatic carbocycles. The van der Waals surface area contributed by atoms with Crippen molar-refractivity contribution in [2.45, 2.75) is 18.9 Å². The molecular formula is C11H14FNS. The molecule has 0 aromatic heterocycles. The molecule has 0 bridgehead atoms. The largest absolute Gasteiger partial charge is 0.310 e. The highest BCUT2D eigenvalue weighted by molar-refractivity contribution is 7.80. The molecule has 1 aromatic rings. The Morgan fingerprint density at radius 2 is 2.36 bits per heavy atom. The van der Waals surface area contributed by atoms with Gasteiger partial charge in [-0.3, -0.25) is 0 Å². The van der Waals surface area contributed by atoms with Crippen LogP contribution in [0.15, 0.2) is 18.2 Å². The van der Waals surface area contributed by atoms with E-state index in [4.69, 9.17) is 0 Å². The average Bonchev–Trinajstić information content (AvgIpc) is 2.18. The minimum atomic E-state index is -0.129. The first-order valence-corrected chi connectivity index (χ1v) is 5.57. The quantitative estimate of drug-likeness (QED) is 0.715. The van der Waals surface area contributed by atoms with E-state index >= 15 is 0 Å². The van der Waals surface area contributed by atoms with Crippen LogP contribution in [0.25, 0.3) is 0 Å². The molecule has 0 saturated carbocycles. The van der Waals surface area contributed by atoms with Crippen LogP contribution in [0.2, 0.25) is 0 Å². The second-order valence-electron chi connectivity index (χ2n) is 3.61. The van der Waals surface area contributed by atoms with E-state index in [1.165, 1.54) is 11.6 Å². The fraction of sp³-hybridized carbons (Fsp3) is 0.455. The van der Waals surface area contributed by atoms with Gasteiger partial charge in [-0.15, -0.1) is 0 Å². The summed E-state index contributed by atoms with van der Waals surface area (Å²) in [6.45, 7) is 0.939. The van der Waals surface area contributed by atoms with Gasteiger partial charge in [0.1, 0.15) is 5.82 Å². The standard InChI is InChI=1S/C11H14FNS/c12-9-1-2-10-8(7-9)3-5-13-11(10)4-6-14/h1-2,7,11,13-14H,3-6H2. The van der Waals surface area contributed by atoms with Gasteiger partial charge in [-0.1, -0.05) is 6.07 Å². The van der Waals surface area contributed by atoms with Crippen LogP contribution in [0.1, 0.15) is 23.6 Å². The van der Waals surface area contributed by atoms with E-state index in [1.54, 1.807) is 6.07 Å². The van der Waals surface area contributed by atoms with Crippen LogP contribution in [-0.2, 0) is 6.42 Å². The lowest BCUT2D eigenvalue weighted by Gasteiger charge is -2.26. The van der Waals surface area contributed by atoms with Gasteiger partial charge in [0.05, 0.1) is 0 Å². The van der Waals surface area contributed by atoms with Crippen LogP contribution in [0.5, 0.6) is 0 Å². The predicted octanol–water partition coefficient (Wildman–Crippen LogP) is 2.33. The van der Waals surface area contributed by atoms with E-state index in [1.807, 2.05) is 6.07 Å². The number of hydrogen-bond acceptors (Lipinski definition) is 2. The Bertz CT molecular complexity index is 327. The second kappa shape index (κ2) is 4.32. The van der Waals surface area contributed by atoms with Crippen LogP contribution >= 0.6 is 12.6 Å². The summed E-state index contributed by atoms with van der Waals surface area (Å²) in [7, 11) is 0. The number of fused-ring (bicyclic) bond motifs is 1. The molecule has 1 heterocycles. The normalized spacial score (nSPS) is 20.6. The van der Waals surface area contributed by atoms with Crippen molar-refractivity contribution in [2.24, 2.45) is 0 Å². The highest BCUT2D eigenvalue weighted by atomic mass is 32.1. The molecule has 1 aliphatic heterocycles. The lowest BCUT2D eigenvalue weighted by atomic mass is 9.93. The average molecular weight is 211 g/mol. The van der Waals surface area contributed by atoms with E-state index in [0.717, 1.165) is 30.7 Å². The van der Waals surface area contributed by atoms with Crippen molar-refractivity contribution in [3.8, 4) is 0 Å². The summed E-state index contributed by atoms with van der Waals surface area (Å²) in [5, 5.41) is 3.42. The zero-order chi connectivity index (χ0) is 9.97. The highest BCUT2D eigenvalue weighted by Gasteiger charge is 2.18. The fourth-order valence-electron chi connectivity index (χ4n) is 2.01. The number of halogens is 1. The summed E-state index contributed by atoms with van der Waals surface area (Å²) < 4.78 is 13.0. The zero-order valence-electron chi connectivity index (χ0n) is 7.96. The van der Waals surface area contributed by atoms with Crippen molar-refractivity contribution in [3.63, 3.8) is 0 Å². The zero-order valence-corrected chi connectivity index (χ0v) is 8.86. The third-order valence-corrected chi connectivity index (χ3v) is 2.94. The number of thiol groups is 1. The van der Waals surface area contributed by atoms with Gasteiger partial charge in [-0.05, 0) is 48.4 Å². The van der Waals surface area contributed by atoms with Crippen LogP contribution in [0, 0.1) is 5.82 Å². The molecule has 1 atom stereocenters. The second-order valence-corrected chi connectivity index (χ2v) is 4.06. The topological polar surface area (TPSA) is 12.0 Å². The third kappa shape index (κ3) is 1.93. The van der Waals surface area contributed by atoms with E-state index in [2.05, 4.69) is 17.9 Å². The Kier molecular flexibility index (Phi) is 3.08. The molecule has 1 aliphatic rings. The van der Waals surface area contributed by atoms with Crippen LogP contribution in [0.4, 0.5) is 4.39 Å². The van der Waals surface area contributed by atoms with E-state index < -0.39 is 0 Å². The Morgan fingerprint density at radius 3 is 3.14 bits per heavy atom. The van der Waals surface area contributed by atoms with Crippen molar-refractivity contribution in [3.05, 3.63) is 35.1 Å². The molecule has 0 radical (unpaired) electrons. The number of hydrogen-bond donors (Lipinski definition) is 2. The molecule has 3 heteroatoms. The minimum Gasteiger partial charge on any atom is -0.310 e. The van der Waals surface area contributed by atoms with Crippen molar-refractivity contribution in [1.82, 2.24) is 5.32 Å². The smallest absolute Gasteiger partial charge is 0.123 e. The van der Waals surface area contributed by atoms with Gasteiger partial charge >= 0.3 is 0 Å². The van der Waals surface area contributed by atoms with Gasteiger partial charge < -0.3 is 5.32 Å². The first kappa shape index (κ1) is 9.99. The van der Waals surface area contributed by atoms with E-state index in [-0.39, 0.29) is 5.82 Å². The number of nitrogens with one attached hydrogen (secondary N) is 1. The minimum absolute atomic E-state index is 0.129. The monoisotopic (exact) mass is 211 g/mol. The summed E-state index contributed by atoms with van der Waals surface area (Å²) >= 11 is 4.23. The Hall–Kier alpha value is -0.540. The lowest BCUT2D eigenvalue weighted by molar-refractivity contribution is 0.492. The van der Waals surface area contributed by atoms with E-state index in [9.17, 15) is 4.39 Å². The Morgan fingerprint density at radius 1 is 1.50 bits per heavy atom.